The Balaban J connectivity index is 1.55. The number of ketones is 1. The molecule has 0 spiro atoms. The fourth-order valence-electron chi connectivity index (χ4n) is 6.64. The first-order valence-electron chi connectivity index (χ1n) is 11.1. The van der Waals surface area contributed by atoms with E-state index < -0.39 is 56.8 Å². The molecule has 4 fully saturated rings. The highest BCUT2D eigenvalue weighted by Gasteiger charge is 2.65. The number of alkyl halides is 5. The molecule has 4 aliphatic rings. The number of halogens is 8. The summed E-state index contributed by atoms with van der Waals surface area (Å²) in [6.07, 6.45) is -7.82. The molecule has 0 radical (unpaired) electrons. The zero-order valence-corrected chi connectivity index (χ0v) is 26.0. The van der Waals surface area contributed by atoms with E-state index in [9.17, 15) is 44.5 Å². The first kappa shape index (κ1) is 30.1. The zero-order chi connectivity index (χ0) is 27.7. The summed E-state index contributed by atoms with van der Waals surface area (Å²) >= 11 is 6.38. The van der Waals surface area contributed by atoms with Crippen molar-refractivity contribution in [3.8, 4) is 0 Å². The van der Waals surface area contributed by atoms with Crippen LogP contribution in [0.3, 0.4) is 0 Å². The minimum Gasteiger partial charge on any atom is -0.743 e. The minimum absolute atomic E-state index is 0.0701. The lowest BCUT2D eigenvalue weighted by atomic mass is 9.45. The molecule has 0 aliphatic heterocycles. The summed E-state index contributed by atoms with van der Waals surface area (Å²) in [4.78, 5) is 26.1. The van der Waals surface area contributed by atoms with Crippen LogP contribution in [-0.2, 0) is 19.6 Å². The van der Waals surface area contributed by atoms with Crippen molar-refractivity contribution >= 4 is 89.6 Å². The van der Waals surface area contributed by atoms with Gasteiger partial charge in [-0.25, -0.2) is 8.42 Å². The summed E-state index contributed by atoms with van der Waals surface area (Å²) in [7, 11) is -6.76. The van der Waals surface area contributed by atoms with Crippen LogP contribution in [0.1, 0.15) is 48.9 Å². The highest BCUT2D eigenvalue weighted by atomic mass is 127. The molecule has 1 aromatic rings. The first-order valence-corrected chi connectivity index (χ1v) is 15.8. The lowest BCUT2D eigenvalue weighted by molar-refractivity contribution is -0.264. The molecule has 3 atom stereocenters. The molecule has 5 rings (SSSR count). The van der Waals surface area contributed by atoms with Gasteiger partial charge in [0.15, 0.2) is 15.9 Å². The van der Waals surface area contributed by atoms with Crippen molar-refractivity contribution in [2.75, 3.05) is 0 Å². The molecule has 1 aromatic carbocycles. The van der Waals surface area contributed by atoms with E-state index in [1.807, 2.05) is 6.07 Å². The Morgan fingerprint density at radius 1 is 1.05 bits per heavy atom. The predicted molar refractivity (Wildman–Crippen MR) is 144 cm³/mol. The number of benzene rings is 1. The maximum Gasteiger partial charge on any atom is 0.432 e. The molecule has 0 heterocycles. The monoisotopic (exact) mass is 887 g/mol. The molecule has 0 saturated heterocycles. The Bertz CT molecular complexity index is 1220. The van der Waals surface area contributed by atoms with Gasteiger partial charge in [0.05, 0.1) is 5.92 Å². The van der Waals surface area contributed by atoms with Gasteiger partial charge in [0.2, 0.25) is 0 Å². The second-order valence-electron chi connectivity index (χ2n) is 10.2. The normalized spacial score (nSPS) is 30.3. The van der Waals surface area contributed by atoms with E-state index in [0.717, 1.165) is 17.1 Å². The van der Waals surface area contributed by atoms with E-state index in [4.69, 9.17) is 0 Å². The van der Waals surface area contributed by atoms with Crippen LogP contribution in [-0.4, -0.2) is 42.3 Å². The maximum atomic E-state index is 13.9. The van der Waals surface area contributed by atoms with Gasteiger partial charge in [0.25, 0.3) is 6.10 Å². The standard InChI is InChI=1S/C22H20F5I3O6S/c23-21(24,25)19(22(26,27)37(33,34)35)36-18(32)16-10-1-9-2-11(16)7-20(5-9,6-10)8-15(31)13-3-12(28)4-14(29)17(13)30/h3-4,9-11,16,19H,1-2,5-8H2,(H,33,34,35)/p-1. The van der Waals surface area contributed by atoms with E-state index in [-0.39, 0.29) is 18.1 Å². The molecule has 206 valence electrons. The number of Topliss-reactive ketones (excluding diaryl/α,β-unsaturated/α-hetero) is 1. The van der Waals surface area contributed by atoms with Crippen molar-refractivity contribution in [1.82, 2.24) is 0 Å². The van der Waals surface area contributed by atoms with Crippen molar-refractivity contribution < 1.29 is 49.2 Å². The molecule has 37 heavy (non-hydrogen) atoms. The molecule has 0 amide bonds. The SMILES string of the molecule is O=C(CC12CC3CC(C1)C(C(=O)OC(C(F)(F)F)C(F)(F)S(=O)(=O)[O-])C(C3)C2)c1cc(I)cc(I)c1I. The summed E-state index contributed by atoms with van der Waals surface area (Å²) in [6, 6.07) is 3.74. The van der Waals surface area contributed by atoms with Crippen molar-refractivity contribution in [3.05, 3.63) is 28.4 Å². The molecule has 6 nitrogen and oxygen atoms in total. The van der Waals surface area contributed by atoms with Crippen LogP contribution in [0.5, 0.6) is 0 Å². The predicted octanol–water partition coefficient (Wildman–Crippen LogP) is 6.13. The molecule has 4 bridgehead atoms. The highest BCUT2D eigenvalue weighted by Crippen LogP contribution is 2.64. The third-order valence-electron chi connectivity index (χ3n) is 7.67. The van der Waals surface area contributed by atoms with Crippen LogP contribution in [0.2, 0.25) is 0 Å². The molecule has 0 N–H and O–H groups in total. The number of rotatable bonds is 7. The second kappa shape index (κ2) is 10.2. The van der Waals surface area contributed by atoms with Crippen LogP contribution in [0, 0.1) is 39.8 Å². The summed E-state index contributed by atoms with van der Waals surface area (Å²) in [5, 5.41) is -5.87. The molecule has 4 saturated carbocycles. The Morgan fingerprint density at radius 3 is 2.14 bits per heavy atom. The Hall–Kier alpha value is 0.110. The zero-order valence-electron chi connectivity index (χ0n) is 18.7. The van der Waals surface area contributed by atoms with E-state index in [2.05, 4.69) is 72.5 Å². The van der Waals surface area contributed by atoms with Crippen molar-refractivity contribution in [2.24, 2.45) is 29.1 Å². The fourth-order valence-corrected chi connectivity index (χ4v) is 9.54. The van der Waals surface area contributed by atoms with Gasteiger partial charge in [0, 0.05) is 22.7 Å². The average Bonchev–Trinajstić information content (AvgIpc) is 2.71. The molecular formula is C22H19F5I3O6S-. The van der Waals surface area contributed by atoms with Gasteiger partial charge in [0.1, 0.15) is 0 Å². The van der Waals surface area contributed by atoms with Crippen LogP contribution in [0.15, 0.2) is 12.1 Å². The Kier molecular flexibility index (Phi) is 8.28. The van der Waals surface area contributed by atoms with Crippen molar-refractivity contribution in [3.63, 3.8) is 0 Å². The van der Waals surface area contributed by atoms with Crippen molar-refractivity contribution in [1.29, 1.82) is 0 Å². The summed E-state index contributed by atoms with van der Waals surface area (Å²) in [6.45, 7) is 0. The third-order valence-corrected chi connectivity index (χ3v) is 12.2. The van der Waals surface area contributed by atoms with E-state index >= 15 is 0 Å². The summed E-state index contributed by atoms with van der Waals surface area (Å²) in [5.74, 6) is -3.65. The van der Waals surface area contributed by atoms with Gasteiger partial charge in [-0.1, -0.05) is 0 Å². The smallest absolute Gasteiger partial charge is 0.432 e. The second-order valence-corrected chi connectivity index (χ2v) is 15.2. The van der Waals surface area contributed by atoms with Crippen LogP contribution >= 0.6 is 67.8 Å². The highest BCUT2D eigenvalue weighted by molar-refractivity contribution is 14.1. The number of hydrogen-bond donors (Lipinski definition) is 0. The maximum absolute atomic E-state index is 13.9. The molecule has 15 heteroatoms. The fraction of sp³-hybridized carbons (Fsp3) is 0.636. The Morgan fingerprint density at radius 2 is 1.62 bits per heavy atom. The topological polar surface area (TPSA) is 101 Å². The van der Waals surface area contributed by atoms with Gasteiger partial charge in [-0.15, -0.1) is 0 Å². The van der Waals surface area contributed by atoms with Crippen LogP contribution in [0.4, 0.5) is 22.0 Å². The largest absolute Gasteiger partial charge is 0.743 e. The number of carbonyl (C=O) groups excluding carboxylic acids is 2. The van der Waals surface area contributed by atoms with Crippen molar-refractivity contribution in [2.45, 2.75) is 56.1 Å². The molecular weight excluding hydrogens is 868 g/mol. The lowest BCUT2D eigenvalue weighted by Crippen LogP contribution is -2.57. The van der Waals surface area contributed by atoms with E-state index in [1.165, 1.54) is 0 Å². The average molecular weight is 887 g/mol. The quantitative estimate of drug-likeness (QED) is 0.0817. The van der Waals surface area contributed by atoms with Crippen LogP contribution in [0.25, 0.3) is 0 Å². The summed E-state index contributed by atoms with van der Waals surface area (Å²) < 4.78 is 107. The lowest BCUT2D eigenvalue weighted by Gasteiger charge is -2.59. The number of carbonyl (C=O) groups is 2. The minimum atomic E-state index is -6.76. The van der Waals surface area contributed by atoms with Gasteiger partial charge in [-0.2, -0.15) is 22.0 Å². The molecule has 0 aromatic heterocycles. The number of ether oxygens (including phenoxy) is 1. The van der Waals surface area contributed by atoms with Gasteiger partial charge >= 0.3 is 17.4 Å². The number of hydrogen-bond acceptors (Lipinski definition) is 6. The third kappa shape index (κ3) is 5.80. The first-order chi connectivity index (χ1) is 16.8. The van der Waals surface area contributed by atoms with Crippen LogP contribution < -0.4 is 0 Å². The van der Waals surface area contributed by atoms with E-state index in [0.29, 0.717) is 31.2 Å². The number of esters is 1. The molecule has 4 aliphatic carbocycles. The van der Waals surface area contributed by atoms with Gasteiger partial charge in [-0.05, 0) is 135 Å². The Labute approximate surface area is 250 Å². The van der Waals surface area contributed by atoms with Gasteiger partial charge < -0.3 is 9.29 Å². The molecule has 3 unspecified atom stereocenters. The summed E-state index contributed by atoms with van der Waals surface area (Å²) in [5.41, 5.74) is 0.115. The van der Waals surface area contributed by atoms with E-state index in [1.54, 1.807) is 6.07 Å². The van der Waals surface area contributed by atoms with Gasteiger partial charge in [-0.3, -0.25) is 9.59 Å².